The summed E-state index contributed by atoms with van der Waals surface area (Å²) in [6, 6.07) is 5.55. The van der Waals surface area contributed by atoms with Crippen molar-refractivity contribution >= 4 is 5.91 Å². The van der Waals surface area contributed by atoms with E-state index in [4.69, 9.17) is 14.0 Å². The minimum atomic E-state index is -0.0522. The highest BCUT2D eigenvalue weighted by molar-refractivity contribution is 5.72. The van der Waals surface area contributed by atoms with Crippen molar-refractivity contribution in [2.75, 3.05) is 27.3 Å². The predicted octanol–water partition coefficient (Wildman–Crippen LogP) is 1.98. The van der Waals surface area contributed by atoms with Crippen molar-refractivity contribution in [3.63, 3.8) is 0 Å². The molecule has 25 heavy (non-hydrogen) atoms. The minimum Gasteiger partial charge on any atom is -0.493 e. The van der Waals surface area contributed by atoms with Gasteiger partial charge in [0, 0.05) is 25.9 Å². The molecule has 1 N–H and O–H groups in total. The number of carbonyl (C=O) groups is 1. The number of para-hydroxylation sites is 1. The maximum atomic E-state index is 11.1. The van der Waals surface area contributed by atoms with Crippen LogP contribution in [0.3, 0.4) is 0 Å². The number of ether oxygens (including phenoxy) is 2. The van der Waals surface area contributed by atoms with E-state index in [0.29, 0.717) is 23.2 Å². The molecule has 0 bridgehead atoms. The summed E-state index contributed by atoms with van der Waals surface area (Å²) in [5.41, 5.74) is 3.54. The van der Waals surface area contributed by atoms with E-state index >= 15 is 0 Å². The van der Waals surface area contributed by atoms with Crippen molar-refractivity contribution in [2.45, 2.75) is 25.7 Å². The zero-order chi connectivity index (χ0) is 17.8. The number of rotatable bonds is 5. The van der Waals surface area contributed by atoms with Crippen LogP contribution in [-0.4, -0.2) is 48.4 Å². The first kappa shape index (κ1) is 17.2. The molecule has 1 aromatic heterocycles. The summed E-state index contributed by atoms with van der Waals surface area (Å²) in [5, 5.41) is 6.03. The molecule has 0 unspecified atom stereocenters. The molecule has 1 aromatic carbocycles. The van der Waals surface area contributed by atoms with E-state index < -0.39 is 0 Å². The van der Waals surface area contributed by atoms with Gasteiger partial charge >= 0.3 is 0 Å². The normalized spacial score (nSPS) is 15.8. The van der Waals surface area contributed by atoms with E-state index in [1.807, 2.05) is 23.2 Å². The van der Waals surface area contributed by atoms with Crippen LogP contribution >= 0.6 is 0 Å². The van der Waals surface area contributed by atoms with E-state index in [1.165, 1.54) is 6.92 Å². The first-order valence-electron chi connectivity index (χ1n) is 8.19. The fourth-order valence-corrected chi connectivity index (χ4v) is 3.03. The van der Waals surface area contributed by atoms with Crippen LogP contribution in [0, 0.1) is 0 Å². The van der Waals surface area contributed by atoms with Gasteiger partial charge in [-0.15, -0.1) is 0 Å². The van der Waals surface area contributed by atoms with E-state index in [0.717, 1.165) is 31.5 Å². The summed E-state index contributed by atoms with van der Waals surface area (Å²) < 4.78 is 16.2. The molecular weight excluding hydrogens is 324 g/mol. The second-order valence-corrected chi connectivity index (χ2v) is 5.93. The van der Waals surface area contributed by atoms with Crippen LogP contribution in [0.2, 0.25) is 0 Å². The number of hydrogen-bond acceptors (Lipinski definition) is 7. The topological polar surface area (TPSA) is 89.7 Å². The molecule has 0 aliphatic carbocycles. The summed E-state index contributed by atoms with van der Waals surface area (Å²) in [6.45, 7) is 3.02. The molecule has 2 aromatic rings. The van der Waals surface area contributed by atoms with Gasteiger partial charge in [0.2, 0.25) is 17.6 Å². The lowest BCUT2D eigenvalue weighted by Crippen LogP contribution is -2.45. The molecule has 0 radical (unpaired) electrons. The summed E-state index contributed by atoms with van der Waals surface area (Å²) in [4.78, 5) is 15.7. The summed E-state index contributed by atoms with van der Waals surface area (Å²) in [7, 11) is 3.17. The number of piperidine rings is 1. The average Bonchev–Trinajstić information content (AvgIpc) is 3.11. The molecule has 2 heterocycles. The van der Waals surface area contributed by atoms with Gasteiger partial charge in [0.25, 0.3) is 0 Å². The molecule has 1 amide bonds. The Bertz CT molecular complexity index is 738. The van der Waals surface area contributed by atoms with Gasteiger partial charge in [0.1, 0.15) is 0 Å². The lowest BCUT2D eigenvalue weighted by atomic mass is 9.98. The Labute approximate surface area is 146 Å². The predicted molar refractivity (Wildman–Crippen MR) is 90.2 cm³/mol. The molecule has 0 atom stereocenters. The molecule has 1 fully saturated rings. The van der Waals surface area contributed by atoms with Crippen molar-refractivity contribution in [1.29, 1.82) is 0 Å². The van der Waals surface area contributed by atoms with E-state index in [1.54, 1.807) is 14.2 Å². The molecule has 1 saturated heterocycles. The smallest absolute Gasteiger partial charge is 0.231 e. The fourth-order valence-electron chi connectivity index (χ4n) is 3.03. The highest BCUT2D eigenvalue weighted by atomic mass is 16.5. The quantitative estimate of drug-likeness (QED) is 0.885. The number of carbonyl (C=O) groups excluding carboxylic acids is 1. The first-order chi connectivity index (χ1) is 12.1. The maximum absolute atomic E-state index is 11.1. The van der Waals surface area contributed by atoms with Gasteiger partial charge in [0.05, 0.1) is 19.8 Å². The van der Waals surface area contributed by atoms with E-state index in [-0.39, 0.29) is 11.8 Å². The Morgan fingerprint density at radius 2 is 2.04 bits per heavy atom. The van der Waals surface area contributed by atoms with Gasteiger partial charge < -0.3 is 14.0 Å². The zero-order valence-electron chi connectivity index (χ0n) is 14.6. The SMILES string of the molecule is COc1cccc(-c2noc(C3CCN(NC(C)=O)CC3)n2)c1OC. The number of methoxy groups -OCH3 is 2. The van der Waals surface area contributed by atoms with Crippen molar-refractivity contribution in [2.24, 2.45) is 0 Å². The minimum absolute atomic E-state index is 0.0522. The van der Waals surface area contributed by atoms with Gasteiger partial charge in [0.15, 0.2) is 11.5 Å². The van der Waals surface area contributed by atoms with Crippen LogP contribution in [0.15, 0.2) is 22.7 Å². The summed E-state index contributed by atoms with van der Waals surface area (Å²) in [5.74, 6) is 2.43. The lowest BCUT2D eigenvalue weighted by molar-refractivity contribution is -0.124. The third-order valence-electron chi connectivity index (χ3n) is 4.25. The zero-order valence-corrected chi connectivity index (χ0v) is 14.6. The lowest BCUT2D eigenvalue weighted by Gasteiger charge is -2.29. The highest BCUT2D eigenvalue weighted by Crippen LogP contribution is 2.37. The molecule has 1 aliphatic rings. The van der Waals surface area contributed by atoms with Crippen LogP contribution in [-0.2, 0) is 4.79 Å². The number of nitrogens with one attached hydrogen (secondary N) is 1. The van der Waals surface area contributed by atoms with E-state index in [9.17, 15) is 4.79 Å². The largest absolute Gasteiger partial charge is 0.493 e. The number of nitrogens with zero attached hydrogens (tertiary/aromatic N) is 3. The van der Waals surface area contributed by atoms with Crippen molar-refractivity contribution in [1.82, 2.24) is 20.6 Å². The monoisotopic (exact) mass is 346 g/mol. The molecule has 8 heteroatoms. The van der Waals surface area contributed by atoms with Crippen molar-refractivity contribution < 1.29 is 18.8 Å². The first-order valence-corrected chi connectivity index (χ1v) is 8.19. The third-order valence-corrected chi connectivity index (χ3v) is 4.25. The van der Waals surface area contributed by atoms with E-state index in [2.05, 4.69) is 15.6 Å². The number of benzene rings is 1. The molecule has 134 valence electrons. The third kappa shape index (κ3) is 3.74. The second-order valence-electron chi connectivity index (χ2n) is 5.93. The summed E-state index contributed by atoms with van der Waals surface area (Å²) in [6.07, 6.45) is 1.69. The van der Waals surface area contributed by atoms with Crippen LogP contribution < -0.4 is 14.9 Å². The standard InChI is InChI=1S/C17H22N4O4/c1-11(22)19-21-9-7-12(8-10-21)17-18-16(20-25-17)13-5-4-6-14(23-2)15(13)24-3/h4-6,12H,7-10H2,1-3H3,(H,19,22). The maximum Gasteiger partial charge on any atom is 0.231 e. The van der Waals surface area contributed by atoms with Gasteiger partial charge in [-0.1, -0.05) is 11.2 Å². The molecule has 0 spiro atoms. The molecule has 8 nitrogen and oxygen atoms in total. The summed E-state index contributed by atoms with van der Waals surface area (Å²) >= 11 is 0. The Kier molecular flexibility index (Phi) is 5.18. The van der Waals surface area contributed by atoms with Crippen LogP contribution in [0.25, 0.3) is 11.4 Å². The Hall–Kier alpha value is -2.61. The van der Waals surface area contributed by atoms with Crippen LogP contribution in [0.5, 0.6) is 11.5 Å². The van der Waals surface area contributed by atoms with Gasteiger partial charge in [-0.3, -0.25) is 10.2 Å². The average molecular weight is 346 g/mol. The number of hydrazine groups is 1. The molecule has 1 aliphatic heterocycles. The number of amides is 1. The van der Waals surface area contributed by atoms with Gasteiger partial charge in [-0.05, 0) is 25.0 Å². The Balaban J connectivity index is 1.75. The van der Waals surface area contributed by atoms with Crippen molar-refractivity contribution in [3.05, 3.63) is 24.1 Å². The van der Waals surface area contributed by atoms with Crippen molar-refractivity contribution in [3.8, 4) is 22.9 Å². The highest BCUT2D eigenvalue weighted by Gasteiger charge is 2.26. The van der Waals surface area contributed by atoms with Gasteiger partial charge in [-0.2, -0.15) is 4.98 Å². The van der Waals surface area contributed by atoms with Crippen LogP contribution in [0.1, 0.15) is 31.6 Å². The Morgan fingerprint density at radius 3 is 2.68 bits per heavy atom. The van der Waals surface area contributed by atoms with Gasteiger partial charge in [-0.25, -0.2) is 5.01 Å². The Morgan fingerprint density at radius 1 is 1.28 bits per heavy atom. The molecular formula is C17H22N4O4. The number of aromatic nitrogens is 2. The van der Waals surface area contributed by atoms with Crippen LogP contribution in [0.4, 0.5) is 0 Å². The second kappa shape index (κ2) is 7.52. The number of hydrogen-bond donors (Lipinski definition) is 1. The molecule has 3 rings (SSSR count). The fraction of sp³-hybridized carbons (Fsp3) is 0.471. The molecule has 0 saturated carbocycles.